The van der Waals surface area contributed by atoms with Crippen molar-refractivity contribution in [3.05, 3.63) is 46.7 Å². The molecule has 9 heteroatoms. The van der Waals surface area contributed by atoms with E-state index in [0.717, 1.165) is 18.9 Å². The van der Waals surface area contributed by atoms with Gasteiger partial charge in [-0.25, -0.2) is 4.79 Å². The molecule has 0 unspecified atom stereocenters. The Morgan fingerprint density at radius 3 is 2.45 bits per heavy atom. The first kappa shape index (κ1) is 19.8. The lowest BCUT2D eigenvalue weighted by atomic mass is 9.90. The minimum atomic E-state index is -4.60. The predicted octanol–water partition coefficient (Wildman–Crippen LogP) is 3.07. The largest absolute Gasteiger partial charge is 0.416 e. The van der Waals surface area contributed by atoms with E-state index in [1.165, 1.54) is 23.1 Å². The number of carbonyl (C=O) groups excluding carboxylic acids is 2. The molecule has 1 saturated carbocycles. The van der Waals surface area contributed by atoms with Crippen molar-refractivity contribution in [1.82, 2.24) is 15.1 Å². The summed E-state index contributed by atoms with van der Waals surface area (Å²) in [4.78, 5) is 29.2. The fraction of sp³-hybridized carbons (Fsp3) is 0.500. The van der Waals surface area contributed by atoms with Gasteiger partial charge in [-0.1, -0.05) is 18.2 Å². The molecule has 1 saturated heterocycles. The Morgan fingerprint density at radius 1 is 1.17 bits per heavy atom. The molecule has 156 valence electrons. The van der Waals surface area contributed by atoms with Gasteiger partial charge in [-0.15, -0.1) is 0 Å². The molecule has 0 bridgehead atoms. The van der Waals surface area contributed by atoms with E-state index in [1.807, 2.05) is 0 Å². The number of hydrogen-bond donors (Lipinski definition) is 1. The third-order valence-electron chi connectivity index (χ3n) is 5.54. The Bertz CT molecular complexity index is 858. The number of urea groups is 1. The fourth-order valence-electron chi connectivity index (χ4n) is 3.98. The highest BCUT2D eigenvalue weighted by Gasteiger charge is 2.45. The molecule has 1 aliphatic carbocycles. The average molecular weight is 409 g/mol. The van der Waals surface area contributed by atoms with E-state index in [2.05, 4.69) is 5.32 Å². The van der Waals surface area contributed by atoms with Crippen molar-refractivity contribution in [3.8, 4) is 0 Å². The molecule has 0 aromatic heterocycles. The van der Waals surface area contributed by atoms with Gasteiger partial charge in [-0.3, -0.25) is 9.69 Å². The van der Waals surface area contributed by atoms with E-state index < -0.39 is 23.8 Å². The van der Waals surface area contributed by atoms with Crippen LogP contribution >= 0.6 is 0 Å². The van der Waals surface area contributed by atoms with Crippen molar-refractivity contribution in [2.24, 2.45) is 0 Å². The highest BCUT2D eigenvalue weighted by Crippen LogP contribution is 2.42. The van der Waals surface area contributed by atoms with Gasteiger partial charge in [0.15, 0.2) is 0 Å². The van der Waals surface area contributed by atoms with Crippen LogP contribution in [0.2, 0.25) is 0 Å². The molecule has 1 aromatic rings. The number of morpholine rings is 1. The summed E-state index contributed by atoms with van der Waals surface area (Å²) in [5.41, 5.74) is -0.366. The van der Waals surface area contributed by atoms with Crippen LogP contribution in [0.25, 0.3) is 0 Å². The summed E-state index contributed by atoms with van der Waals surface area (Å²) in [6, 6.07) is 3.43. The van der Waals surface area contributed by atoms with Crippen molar-refractivity contribution in [1.29, 1.82) is 0 Å². The smallest absolute Gasteiger partial charge is 0.378 e. The molecule has 4 rings (SSSR count). The molecule has 0 spiro atoms. The number of alkyl halides is 3. The minimum Gasteiger partial charge on any atom is -0.378 e. The van der Waals surface area contributed by atoms with Crippen molar-refractivity contribution >= 4 is 11.9 Å². The number of carbonyl (C=O) groups is 2. The Morgan fingerprint density at radius 2 is 1.83 bits per heavy atom. The number of amides is 3. The van der Waals surface area contributed by atoms with Crippen LogP contribution in [0, 0.1) is 0 Å². The number of ether oxygens (including phenoxy) is 1. The first-order valence-corrected chi connectivity index (χ1v) is 9.62. The quantitative estimate of drug-likeness (QED) is 0.835. The van der Waals surface area contributed by atoms with Crippen molar-refractivity contribution in [2.75, 3.05) is 26.3 Å². The van der Waals surface area contributed by atoms with Gasteiger partial charge in [0, 0.05) is 24.8 Å². The van der Waals surface area contributed by atoms with Gasteiger partial charge in [0.2, 0.25) is 0 Å². The second-order valence-electron chi connectivity index (χ2n) is 7.47. The molecule has 2 aliphatic heterocycles. The number of benzene rings is 1. The highest BCUT2D eigenvalue weighted by atomic mass is 19.4. The molecule has 29 heavy (non-hydrogen) atoms. The third kappa shape index (κ3) is 3.71. The summed E-state index contributed by atoms with van der Waals surface area (Å²) >= 11 is 0. The first-order chi connectivity index (χ1) is 13.8. The van der Waals surface area contributed by atoms with Crippen LogP contribution in [0.5, 0.6) is 0 Å². The van der Waals surface area contributed by atoms with Gasteiger partial charge >= 0.3 is 12.2 Å². The lowest BCUT2D eigenvalue weighted by Gasteiger charge is -2.39. The SMILES string of the molecule is CC1=C(C(=O)N2CCOCC2)[C@@H](c2ccccc2C(F)(F)F)NC(=O)N1C1CC1. The Hall–Kier alpha value is -2.55. The summed E-state index contributed by atoms with van der Waals surface area (Å²) in [5, 5.41) is 2.67. The summed E-state index contributed by atoms with van der Waals surface area (Å²) in [6.45, 7) is 3.12. The molecule has 2 fully saturated rings. The standard InChI is InChI=1S/C20H22F3N3O3/c1-12-16(18(27)25-8-10-29-11-9-25)17(24-19(28)26(12)13-6-7-13)14-4-2-3-5-15(14)20(21,22)23/h2-5,13,17H,6-11H2,1H3,(H,24,28)/t17-/m1/s1. The zero-order valence-corrected chi connectivity index (χ0v) is 16.0. The molecule has 1 aromatic carbocycles. The highest BCUT2D eigenvalue weighted by molar-refractivity contribution is 5.99. The summed E-state index contributed by atoms with van der Waals surface area (Å²) in [5.74, 6) is -0.363. The van der Waals surface area contributed by atoms with Gasteiger partial charge in [0.05, 0.1) is 30.4 Å². The zero-order chi connectivity index (χ0) is 20.8. The average Bonchev–Trinajstić information content (AvgIpc) is 3.52. The van der Waals surface area contributed by atoms with Crippen molar-refractivity contribution in [3.63, 3.8) is 0 Å². The Labute approximate surface area is 166 Å². The number of hydrogen-bond acceptors (Lipinski definition) is 3. The van der Waals surface area contributed by atoms with E-state index in [0.29, 0.717) is 32.0 Å². The molecule has 1 N–H and O–H groups in total. The van der Waals surface area contributed by atoms with E-state index >= 15 is 0 Å². The topological polar surface area (TPSA) is 61.9 Å². The normalized spacial score (nSPS) is 23.3. The van der Waals surface area contributed by atoms with E-state index in [9.17, 15) is 22.8 Å². The Kier molecular flexibility index (Phi) is 5.02. The number of nitrogens with zero attached hydrogens (tertiary/aromatic N) is 2. The number of rotatable bonds is 3. The lowest BCUT2D eigenvalue weighted by molar-refractivity contribution is -0.139. The maximum Gasteiger partial charge on any atom is 0.416 e. The summed E-state index contributed by atoms with van der Waals surface area (Å²) in [6.07, 6.45) is -2.98. The second-order valence-corrected chi connectivity index (χ2v) is 7.47. The van der Waals surface area contributed by atoms with Gasteiger partial charge in [-0.2, -0.15) is 13.2 Å². The molecule has 2 heterocycles. The molecular weight excluding hydrogens is 387 g/mol. The van der Waals surface area contributed by atoms with Crippen LogP contribution in [0.1, 0.15) is 36.9 Å². The van der Waals surface area contributed by atoms with Crippen LogP contribution in [0.15, 0.2) is 35.5 Å². The molecular formula is C20H22F3N3O3. The molecule has 1 atom stereocenters. The van der Waals surface area contributed by atoms with E-state index in [1.54, 1.807) is 11.8 Å². The van der Waals surface area contributed by atoms with Crippen LogP contribution < -0.4 is 5.32 Å². The number of allylic oxidation sites excluding steroid dienone is 1. The second kappa shape index (κ2) is 7.37. The van der Waals surface area contributed by atoms with Crippen LogP contribution in [-0.4, -0.2) is 54.1 Å². The summed E-state index contributed by atoms with van der Waals surface area (Å²) < 4.78 is 46.2. The Balaban J connectivity index is 1.82. The third-order valence-corrected chi connectivity index (χ3v) is 5.54. The molecule has 0 radical (unpaired) electrons. The molecule has 3 aliphatic rings. The van der Waals surface area contributed by atoms with Crippen molar-refractivity contribution in [2.45, 2.75) is 38.0 Å². The number of nitrogens with one attached hydrogen (secondary N) is 1. The van der Waals surface area contributed by atoms with Gasteiger partial charge in [0.1, 0.15) is 0 Å². The van der Waals surface area contributed by atoms with Gasteiger partial charge < -0.3 is 15.0 Å². The van der Waals surface area contributed by atoms with E-state index in [4.69, 9.17) is 4.74 Å². The summed E-state index contributed by atoms with van der Waals surface area (Å²) in [7, 11) is 0. The van der Waals surface area contributed by atoms with Gasteiger partial charge in [0.25, 0.3) is 5.91 Å². The predicted molar refractivity (Wildman–Crippen MR) is 97.7 cm³/mol. The monoisotopic (exact) mass is 409 g/mol. The zero-order valence-electron chi connectivity index (χ0n) is 16.0. The van der Waals surface area contributed by atoms with E-state index in [-0.39, 0.29) is 23.1 Å². The molecule has 3 amide bonds. The fourth-order valence-corrected chi connectivity index (χ4v) is 3.98. The van der Waals surface area contributed by atoms with Crippen molar-refractivity contribution < 1.29 is 27.5 Å². The first-order valence-electron chi connectivity index (χ1n) is 9.62. The molecule has 6 nitrogen and oxygen atoms in total. The lowest BCUT2D eigenvalue weighted by Crippen LogP contribution is -2.52. The van der Waals surface area contributed by atoms with Crippen LogP contribution in [0.3, 0.4) is 0 Å². The maximum absolute atomic E-state index is 13.6. The number of halogens is 3. The maximum atomic E-state index is 13.6. The van der Waals surface area contributed by atoms with Gasteiger partial charge in [-0.05, 0) is 31.4 Å². The van der Waals surface area contributed by atoms with Crippen LogP contribution in [-0.2, 0) is 15.7 Å². The minimum absolute atomic E-state index is 0.0127. The van der Waals surface area contributed by atoms with Crippen LogP contribution in [0.4, 0.5) is 18.0 Å².